The van der Waals surface area contributed by atoms with Gasteiger partial charge in [0.2, 0.25) is 10.0 Å². The summed E-state index contributed by atoms with van der Waals surface area (Å²) in [7, 11) is -1.98. The van der Waals surface area contributed by atoms with Crippen LogP contribution in [0.2, 0.25) is 0 Å². The normalized spacial score (nSPS) is 12.5. The van der Waals surface area contributed by atoms with E-state index in [-0.39, 0.29) is 18.4 Å². The van der Waals surface area contributed by atoms with Crippen molar-refractivity contribution in [3.05, 3.63) is 71.8 Å². The summed E-state index contributed by atoms with van der Waals surface area (Å²) in [6.07, 6.45) is 2.43. The molecule has 1 aliphatic rings. The molecule has 0 aliphatic carbocycles. The predicted molar refractivity (Wildman–Crippen MR) is 141 cm³/mol. The van der Waals surface area contributed by atoms with E-state index in [0.29, 0.717) is 58.8 Å². The molecule has 0 spiro atoms. The molecule has 4 N–H and O–H groups in total. The van der Waals surface area contributed by atoms with Crippen LogP contribution in [-0.4, -0.2) is 51.8 Å². The van der Waals surface area contributed by atoms with Gasteiger partial charge in [-0.15, -0.1) is 0 Å². The molecule has 2 amide bonds. The van der Waals surface area contributed by atoms with Crippen LogP contribution in [0.15, 0.2) is 60.7 Å². The standard InChI is InChI=1S/C26H28N4O5S/c1-30(36(2,34)35)24-8-4-3-7-19(24)17-9-11-20-22(15-17)28-23-16-18(10-12-21(23)29-26(20)33)25(32)27-13-5-6-14-31/h3-4,7-12,15-16,28,31H,5-6,13-14H2,1-2H3,(H,27,32)(H,29,33). The summed E-state index contributed by atoms with van der Waals surface area (Å²) in [5, 5.41) is 17.9. The first-order valence-corrected chi connectivity index (χ1v) is 13.3. The smallest absolute Gasteiger partial charge is 0.257 e. The number of hydrogen-bond acceptors (Lipinski definition) is 6. The van der Waals surface area contributed by atoms with Crippen LogP contribution in [0.25, 0.3) is 11.1 Å². The molecule has 0 fully saturated rings. The number of para-hydroxylation sites is 1. The lowest BCUT2D eigenvalue weighted by Gasteiger charge is -2.21. The number of aliphatic hydroxyl groups is 1. The third-order valence-corrected chi connectivity index (χ3v) is 7.18. The van der Waals surface area contributed by atoms with Gasteiger partial charge in [0, 0.05) is 31.3 Å². The van der Waals surface area contributed by atoms with Crippen molar-refractivity contribution in [2.75, 3.05) is 41.4 Å². The number of aliphatic hydroxyl groups excluding tert-OH is 1. The van der Waals surface area contributed by atoms with Gasteiger partial charge in [0.25, 0.3) is 11.8 Å². The molecular formula is C26H28N4O5S. The van der Waals surface area contributed by atoms with Crippen LogP contribution < -0.4 is 20.3 Å². The van der Waals surface area contributed by atoms with Gasteiger partial charge in [0.1, 0.15) is 0 Å². The minimum absolute atomic E-state index is 0.0781. The average molecular weight is 509 g/mol. The molecule has 3 aromatic carbocycles. The molecular weight excluding hydrogens is 480 g/mol. The van der Waals surface area contributed by atoms with Crippen molar-refractivity contribution in [2.24, 2.45) is 0 Å². The molecule has 4 rings (SSSR count). The summed E-state index contributed by atoms with van der Waals surface area (Å²) in [4.78, 5) is 25.5. The number of rotatable bonds is 8. The third-order valence-electron chi connectivity index (χ3n) is 5.99. The van der Waals surface area contributed by atoms with Crippen LogP contribution in [0, 0.1) is 0 Å². The van der Waals surface area contributed by atoms with Crippen molar-refractivity contribution < 1.29 is 23.1 Å². The highest BCUT2D eigenvalue weighted by atomic mass is 32.2. The molecule has 10 heteroatoms. The molecule has 0 unspecified atom stereocenters. The summed E-state index contributed by atoms with van der Waals surface area (Å²) in [5.41, 5.74) is 4.39. The number of hydrogen-bond donors (Lipinski definition) is 4. The van der Waals surface area contributed by atoms with E-state index in [4.69, 9.17) is 5.11 Å². The van der Waals surface area contributed by atoms with Crippen molar-refractivity contribution in [1.82, 2.24) is 5.32 Å². The maximum Gasteiger partial charge on any atom is 0.257 e. The Morgan fingerprint density at radius 2 is 1.72 bits per heavy atom. The second-order valence-corrected chi connectivity index (χ2v) is 10.5. The van der Waals surface area contributed by atoms with Gasteiger partial charge in [-0.3, -0.25) is 13.9 Å². The Kier molecular flexibility index (Phi) is 7.27. The summed E-state index contributed by atoms with van der Waals surface area (Å²) in [6.45, 7) is 0.531. The van der Waals surface area contributed by atoms with Gasteiger partial charge >= 0.3 is 0 Å². The first-order chi connectivity index (χ1) is 17.2. The van der Waals surface area contributed by atoms with Crippen LogP contribution in [0.5, 0.6) is 0 Å². The molecule has 0 saturated heterocycles. The van der Waals surface area contributed by atoms with Gasteiger partial charge < -0.3 is 21.1 Å². The number of nitrogens with one attached hydrogen (secondary N) is 3. The topological polar surface area (TPSA) is 128 Å². The van der Waals surface area contributed by atoms with Crippen LogP contribution >= 0.6 is 0 Å². The van der Waals surface area contributed by atoms with E-state index in [1.165, 1.54) is 11.4 Å². The van der Waals surface area contributed by atoms with Gasteiger partial charge in [-0.2, -0.15) is 0 Å². The van der Waals surface area contributed by atoms with Crippen LogP contribution in [0.1, 0.15) is 33.6 Å². The molecule has 3 aromatic rings. The Bertz CT molecular complexity index is 1420. The average Bonchev–Trinajstić information content (AvgIpc) is 3.00. The van der Waals surface area contributed by atoms with E-state index >= 15 is 0 Å². The fourth-order valence-corrected chi connectivity index (χ4v) is 4.47. The number of unbranched alkanes of at least 4 members (excludes halogenated alkanes) is 1. The highest BCUT2D eigenvalue weighted by molar-refractivity contribution is 7.92. The maximum atomic E-state index is 12.9. The number of benzene rings is 3. The minimum atomic E-state index is -3.48. The Hall–Kier alpha value is -3.89. The zero-order valence-corrected chi connectivity index (χ0v) is 20.9. The number of carbonyl (C=O) groups excluding carboxylic acids is 2. The Balaban J connectivity index is 1.68. The van der Waals surface area contributed by atoms with Gasteiger partial charge in [-0.1, -0.05) is 24.3 Å². The first kappa shape index (κ1) is 25.2. The molecule has 0 aromatic heterocycles. The molecule has 0 atom stereocenters. The van der Waals surface area contributed by atoms with Gasteiger partial charge in [0.15, 0.2) is 0 Å². The number of carbonyl (C=O) groups is 2. The lowest BCUT2D eigenvalue weighted by Crippen LogP contribution is -2.25. The number of anilines is 4. The van der Waals surface area contributed by atoms with Crippen molar-refractivity contribution in [3.8, 4) is 11.1 Å². The van der Waals surface area contributed by atoms with Crippen LogP contribution in [0.3, 0.4) is 0 Å². The predicted octanol–water partition coefficient (Wildman–Crippen LogP) is 3.56. The molecule has 0 radical (unpaired) electrons. The number of amides is 2. The zero-order chi connectivity index (χ0) is 25.9. The van der Waals surface area contributed by atoms with E-state index in [2.05, 4.69) is 16.0 Å². The molecule has 1 aliphatic heterocycles. The van der Waals surface area contributed by atoms with Gasteiger partial charge in [-0.25, -0.2) is 8.42 Å². The van der Waals surface area contributed by atoms with E-state index in [1.54, 1.807) is 48.5 Å². The second kappa shape index (κ2) is 10.4. The third kappa shape index (κ3) is 5.34. The van der Waals surface area contributed by atoms with E-state index in [1.807, 2.05) is 12.1 Å². The number of nitrogens with zero attached hydrogens (tertiary/aromatic N) is 1. The first-order valence-electron chi connectivity index (χ1n) is 11.5. The van der Waals surface area contributed by atoms with Gasteiger partial charge in [-0.05, 0) is 54.8 Å². The summed E-state index contributed by atoms with van der Waals surface area (Å²) >= 11 is 0. The monoisotopic (exact) mass is 508 g/mol. The summed E-state index contributed by atoms with van der Waals surface area (Å²) < 4.78 is 25.6. The van der Waals surface area contributed by atoms with Crippen molar-refractivity contribution in [1.29, 1.82) is 0 Å². The molecule has 0 bridgehead atoms. The fourth-order valence-electron chi connectivity index (χ4n) is 3.96. The lowest BCUT2D eigenvalue weighted by molar-refractivity contribution is 0.0951. The Labute approximate surface area is 210 Å². The Morgan fingerprint density at radius 1 is 0.944 bits per heavy atom. The molecule has 1 heterocycles. The van der Waals surface area contributed by atoms with Gasteiger partial charge in [0.05, 0.1) is 34.6 Å². The zero-order valence-electron chi connectivity index (χ0n) is 20.0. The Morgan fingerprint density at radius 3 is 2.47 bits per heavy atom. The van der Waals surface area contributed by atoms with E-state index in [0.717, 1.165) is 11.8 Å². The highest BCUT2D eigenvalue weighted by Gasteiger charge is 2.22. The maximum absolute atomic E-state index is 12.9. The van der Waals surface area contributed by atoms with E-state index in [9.17, 15) is 18.0 Å². The quantitative estimate of drug-likeness (QED) is 0.345. The molecule has 188 valence electrons. The largest absolute Gasteiger partial charge is 0.396 e. The summed E-state index contributed by atoms with van der Waals surface area (Å²) in [6, 6.07) is 17.4. The minimum Gasteiger partial charge on any atom is -0.396 e. The molecule has 36 heavy (non-hydrogen) atoms. The van der Waals surface area contributed by atoms with E-state index < -0.39 is 10.0 Å². The fraction of sp³-hybridized carbons (Fsp3) is 0.231. The summed E-state index contributed by atoms with van der Waals surface area (Å²) in [5.74, 6) is -0.551. The van der Waals surface area contributed by atoms with Crippen LogP contribution in [0.4, 0.5) is 22.7 Å². The molecule has 9 nitrogen and oxygen atoms in total. The molecule has 0 saturated carbocycles. The number of sulfonamides is 1. The SMILES string of the molecule is CN(c1ccccc1-c1ccc2c(c1)Nc1cc(C(=O)NCCCCO)ccc1NC2=O)S(C)(=O)=O. The highest BCUT2D eigenvalue weighted by Crippen LogP contribution is 2.37. The van der Waals surface area contributed by atoms with Crippen molar-refractivity contribution in [2.45, 2.75) is 12.8 Å². The lowest BCUT2D eigenvalue weighted by atomic mass is 10.0. The van der Waals surface area contributed by atoms with Crippen molar-refractivity contribution >= 4 is 44.6 Å². The van der Waals surface area contributed by atoms with Crippen LogP contribution in [-0.2, 0) is 10.0 Å². The number of fused-ring (bicyclic) bond motifs is 2. The van der Waals surface area contributed by atoms with Crippen molar-refractivity contribution in [3.63, 3.8) is 0 Å². The second-order valence-electron chi connectivity index (χ2n) is 8.53.